The second-order valence-electron chi connectivity index (χ2n) is 4.20. The molecule has 0 aromatic carbocycles. The van der Waals surface area contributed by atoms with Gasteiger partial charge in [0.25, 0.3) is 0 Å². The van der Waals surface area contributed by atoms with Crippen molar-refractivity contribution in [2.45, 2.75) is 39.2 Å². The lowest BCUT2D eigenvalue weighted by atomic mass is 10.2. The van der Waals surface area contributed by atoms with E-state index < -0.39 is 0 Å². The minimum absolute atomic E-state index is 1.18. The predicted octanol–water partition coefficient (Wildman–Crippen LogP) is 3.43. The van der Waals surface area contributed by atoms with Gasteiger partial charge in [0.1, 0.15) is 0 Å². The van der Waals surface area contributed by atoms with Crippen LogP contribution in [0.15, 0.2) is 12.1 Å². The first-order chi connectivity index (χ1) is 6.84. The molecule has 2 heterocycles. The molecule has 14 heavy (non-hydrogen) atoms. The minimum atomic E-state index is 1.18. The van der Waals surface area contributed by atoms with Crippen molar-refractivity contribution in [1.82, 2.24) is 4.90 Å². The molecule has 78 valence electrons. The fraction of sp³-hybridized carbons (Fsp3) is 0.667. The lowest BCUT2D eigenvalue weighted by Gasteiger charge is -2.18. The topological polar surface area (TPSA) is 3.24 Å². The summed E-state index contributed by atoms with van der Waals surface area (Å²) in [7, 11) is 0. The van der Waals surface area contributed by atoms with E-state index in [1.165, 1.54) is 55.1 Å². The molecular formula is C12H19NS. The molecule has 0 radical (unpaired) electrons. The summed E-state index contributed by atoms with van der Waals surface area (Å²) in [6, 6.07) is 4.52. The Morgan fingerprint density at radius 2 is 1.86 bits per heavy atom. The molecule has 1 aromatic heterocycles. The number of aryl methyl sites for hydroxylation is 1. The molecule has 2 rings (SSSR count). The zero-order chi connectivity index (χ0) is 9.80. The van der Waals surface area contributed by atoms with Gasteiger partial charge in [-0.25, -0.2) is 0 Å². The van der Waals surface area contributed by atoms with E-state index in [0.29, 0.717) is 0 Å². The highest BCUT2D eigenvalue weighted by Gasteiger charge is 2.09. The minimum Gasteiger partial charge on any atom is -0.298 e. The number of hydrogen-bond acceptors (Lipinski definition) is 2. The molecule has 0 atom stereocenters. The number of thiophene rings is 1. The maximum absolute atomic E-state index is 2.61. The van der Waals surface area contributed by atoms with Crippen LogP contribution in [0.2, 0.25) is 0 Å². The monoisotopic (exact) mass is 209 g/mol. The van der Waals surface area contributed by atoms with Crippen LogP contribution in [0.4, 0.5) is 0 Å². The Balaban J connectivity index is 1.89. The van der Waals surface area contributed by atoms with Crippen LogP contribution >= 0.6 is 11.3 Å². The van der Waals surface area contributed by atoms with Crippen LogP contribution in [0, 0.1) is 6.92 Å². The van der Waals surface area contributed by atoms with Gasteiger partial charge in [-0.2, -0.15) is 0 Å². The van der Waals surface area contributed by atoms with E-state index in [4.69, 9.17) is 0 Å². The van der Waals surface area contributed by atoms with Crippen LogP contribution in [-0.4, -0.2) is 18.0 Å². The Hall–Kier alpha value is -0.340. The zero-order valence-electron chi connectivity index (χ0n) is 8.96. The molecule has 0 saturated carbocycles. The SMILES string of the molecule is Cc1ccc(CN2CCCCCC2)s1. The molecule has 1 fully saturated rings. The number of rotatable bonds is 2. The molecule has 1 aliphatic heterocycles. The largest absolute Gasteiger partial charge is 0.298 e. The molecule has 0 aliphatic carbocycles. The van der Waals surface area contributed by atoms with Gasteiger partial charge in [0.05, 0.1) is 0 Å². The standard InChI is InChI=1S/C12H19NS/c1-11-6-7-12(14-11)10-13-8-4-2-3-5-9-13/h6-7H,2-5,8-10H2,1H3. The zero-order valence-corrected chi connectivity index (χ0v) is 9.78. The van der Waals surface area contributed by atoms with Crippen LogP contribution < -0.4 is 0 Å². The summed E-state index contributed by atoms with van der Waals surface area (Å²) in [4.78, 5) is 5.58. The molecule has 1 nitrogen and oxygen atoms in total. The van der Waals surface area contributed by atoms with E-state index in [1.54, 1.807) is 0 Å². The first kappa shape index (κ1) is 10.2. The smallest absolute Gasteiger partial charge is 0.0328 e. The molecule has 2 heteroatoms. The second-order valence-corrected chi connectivity index (χ2v) is 5.58. The summed E-state index contributed by atoms with van der Waals surface area (Å²) in [5, 5.41) is 0. The van der Waals surface area contributed by atoms with E-state index in [1.807, 2.05) is 11.3 Å². The first-order valence-corrected chi connectivity index (χ1v) is 6.44. The average molecular weight is 209 g/mol. The molecule has 1 saturated heterocycles. The fourth-order valence-electron chi connectivity index (χ4n) is 2.08. The number of likely N-dealkylation sites (tertiary alicyclic amines) is 1. The van der Waals surface area contributed by atoms with Crippen LogP contribution in [0.1, 0.15) is 35.4 Å². The van der Waals surface area contributed by atoms with Crippen LogP contribution in [-0.2, 0) is 6.54 Å². The summed E-state index contributed by atoms with van der Waals surface area (Å²) >= 11 is 1.95. The van der Waals surface area contributed by atoms with E-state index in [-0.39, 0.29) is 0 Å². The maximum atomic E-state index is 2.61. The average Bonchev–Trinajstić information content (AvgIpc) is 2.43. The Bertz CT molecular complexity index is 272. The molecule has 0 unspecified atom stereocenters. The van der Waals surface area contributed by atoms with Gasteiger partial charge >= 0.3 is 0 Å². The molecule has 1 aliphatic rings. The van der Waals surface area contributed by atoms with Crippen molar-refractivity contribution in [3.05, 3.63) is 21.9 Å². The van der Waals surface area contributed by atoms with Crippen LogP contribution in [0.25, 0.3) is 0 Å². The molecule has 0 N–H and O–H groups in total. The van der Waals surface area contributed by atoms with Gasteiger partial charge in [0.15, 0.2) is 0 Å². The van der Waals surface area contributed by atoms with E-state index in [2.05, 4.69) is 24.0 Å². The molecule has 1 aromatic rings. The van der Waals surface area contributed by atoms with Gasteiger partial charge in [-0.1, -0.05) is 12.8 Å². The van der Waals surface area contributed by atoms with Gasteiger partial charge in [-0.05, 0) is 45.0 Å². The lowest BCUT2D eigenvalue weighted by Crippen LogP contribution is -2.23. The van der Waals surface area contributed by atoms with Gasteiger partial charge in [-0.3, -0.25) is 4.90 Å². The summed E-state index contributed by atoms with van der Waals surface area (Å²) in [6.07, 6.45) is 5.65. The molecular weight excluding hydrogens is 190 g/mol. The number of nitrogens with zero attached hydrogens (tertiary/aromatic N) is 1. The first-order valence-electron chi connectivity index (χ1n) is 5.62. The Morgan fingerprint density at radius 3 is 2.43 bits per heavy atom. The van der Waals surface area contributed by atoms with Crippen molar-refractivity contribution in [1.29, 1.82) is 0 Å². The highest BCUT2D eigenvalue weighted by Crippen LogP contribution is 2.19. The van der Waals surface area contributed by atoms with Crippen LogP contribution in [0.5, 0.6) is 0 Å². The van der Waals surface area contributed by atoms with Crippen molar-refractivity contribution in [2.24, 2.45) is 0 Å². The van der Waals surface area contributed by atoms with Crippen molar-refractivity contribution in [2.75, 3.05) is 13.1 Å². The normalized spacial score (nSPS) is 19.5. The maximum Gasteiger partial charge on any atom is 0.0328 e. The van der Waals surface area contributed by atoms with E-state index in [9.17, 15) is 0 Å². The quantitative estimate of drug-likeness (QED) is 0.721. The summed E-state index contributed by atoms with van der Waals surface area (Å²) in [5.74, 6) is 0. The molecule has 0 bridgehead atoms. The van der Waals surface area contributed by atoms with Crippen molar-refractivity contribution in [3.63, 3.8) is 0 Å². The summed E-state index contributed by atoms with van der Waals surface area (Å²) in [6.45, 7) is 5.98. The Labute approximate surface area is 90.7 Å². The highest BCUT2D eigenvalue weighted by atomic mass is 32.1. The van der Waals surface area contributed by atoms with Crippen molar-refractivity contribution < 1.29 is 0 Å². The number of hydrogen-bond donors (Lipinski definition) is 0. The van der Waals surface area contributed by atoms with Gasteiger partial charge in [0, 0.05) is 16.3 Å². The predicted molar refractivity (Wildman–Crippen MR) is 62.8 cm³/mol. The summed E-state index contributed by atoms with van der Waals surface area (Å²) < 4.78 is 0. The molecule has 0 amide bonds. The van der Waals surface area contributed by atoms with E-state index in [0.717, 1.165) is 0 Å². The van der Waals surface area contributed by atoms with Crippen LogP contribution in [0.3, 0.4) is 0 Å². The highest BCUT2D eigenvalue weighted by molar-refractivity contribution is 7.11. The van der Waals surface area contributed by atoms with Gasteiger partial charge in [-0.15, -0.1) is 11.3 Å². The summed E-state index contributed by atoms with van der Waals surface area (Å²) in [5.41, 5.74) is 0. The third kappa shape index (κ3) is 2.82. The fourth-order valence-corrected chi connectivity index (χ4v) is 3.02. The van der Waals surface area contributed by atoms with Crippen molar-refractivity contribution >= 4 is 11.3 Å². The third-order valence-electron chi connectivity index (χ3n) is 2.87. The van der Waals surface area contributed by atoms with Gasteiger partial charge < -0.3 is 0 Å². The second kappa shape index (κ2) is 4.94. The van der Waals surface area contributed by atoms with Gasteiger partial charge in [0.2, 0.25) is 0 Å². The molecule has 0 spiro atoms. The van der Waals surface area contributed by atoms with Crippen molar-refractivity contribution in [3.8, 4) is 0 Å². The Morgan fingerprint density at radius 1 is 1.14 bits per heavy atom. The lowest BCUT2D eigenvalue weighted by molar-refractivity contribution is 0.279. The van der Waals surface area contributed by atoms with E-state index >= 15 is 0 Å². The Kier molecular flexibility index (Phi) is 3.60. The third-order valence-corrected chi connectivity index (χ3v) is 3.86.